The van der Waals surface area contributed by atoms with Crippen LogP contribution >= 0.6 is 12.2 Å². The van der Waals surface area contributed by atoms with Crippen molar-refractivity contribution in [3.8, 4) is 0 Å². The number of hydrogen-bond acceptors (Lipinski definition) is 2. The Labute approximate surface area is 111 Å². The SMILES string of the molecule is CCCC(NC(=O)Nc1ccc(F)cc1)C(N)=S. The highest BCUT2D eigenvalue weighted by Gasteiger charge is 2.13. The number of urea groups is 1. The molecule has 0 saturated heterocycles. The van der Waals surface area contributed by atoms with Gasteiger partial charge in [-0.05, 0) is 30.7 Å². The zero-order chi connectivity index (χ0) is 13.5. The third-order valence-corrected chi connectivity index (χ3v) is 2.61. The minimum atomic E-state index is -0.409. The van der Waals surface area contributed by atoms with Crippen molar-refractivity contribution in [3.63, 3.8) is 0 Å². The molecule has 0 saturated carbocycles. The molecular weight excluding hydrogens is 253 g/mol. The summed E-state index contributed by atoms with van der Waals surface area (Å²) in [6, 6.07) is 4.76. The third-order valence-electron chi connectivity index (χ3n) is 2.33. The first-order chi connectivity index (χ1) is 8.52. The molecule has 98 valence electrons. The number of anilines is 1. The summed E-state index contributed by atoms with van der Waals surface area (Å²) in [5, 5.41) is 5.25. The van der Waals surface area contributed by atoms with E-state index in [2.05, 4.69) is 10.6 Å². The van der Waals surface area contributed by atoms with Crippen LogP contribution in [0.5, 0.6) is 0 Å². The Hall–Kier alpha value is -1.69. The zero-order valence-corrected chi connectivity index (χ0v) is 10.9. The molecule has 1 aromatic carbocycles. The van der Waals surface area contributed by atoms with Crippen molar-refractivity contribution in [1.29, 1.82) is 0 Å². The van der Waals surface area contributed by atoms with Crippen LogP contribution in [0, 0.1) is 5.82 Å². The molecule has 0 aliphatic heterocycles. The van der Waals surface area contributed by atoms with Crippen molar-refractivity contribution in [2.45, 2.75) is 25.8 Å². The molecule has 0 radical (unpaired) electrons. The van der Waals surface area contributed by atoms with Gasteiger partial charge in [0.2, 0.25) is 0 Å². The van der Waals surface area contributed by atoms with E-state index in [-0.39, 0.29) is 16.8 Å². The largest absolute Gasteiger partial charge is 0.392 e. The second kappa shape index (κ2) is 6.90. The summed E-state index contributed by atoms with van der Waals surface area (Å²) < 4.78 is 12.7. The molecule has 1 atom stereocenters. The highest BCUT2D eigenvalue weighted by molar-refractivity contribution is 7.80. The van der Waals surface area contributed by atoms with Gasteiger partial charge in [0.05, 0.1) is 11.0 Å². The van der Waals surface area contributed by atoms with Gasteiger partial charge in [0, 0.05) is 5.69 Å². The maximum absolute atomic E-state index is 12.7. The fraction of sp³-hybridized carbons (Fsp3) is 0.333. The minimum Gasteiger partial charge on any atom is -0.392 e. The maximum Gasteiger partial charge on any atom is 0.319 e. The molecule has 6 heteroatoms. The topological polar surface area (TPSA) is 67.2 Å². The molecule has 1 rings (SSSR count). The molecule has 18 heavy (non-hydrogen) atoms. The van der Waals surface area contributed by atoms with Crippen LogP contribution in [-0.4, -0.2) is 17.1 Å². The van der Waals surface area contributed by atoms with Crippen LogP contribution in [0.25, 0.3) is 0 Å². The Morgan fingerprint density at radius 2 is 2.06 bits per heavy atom. The van der Waals surface area contributed by atoms with Gasteiger partial charge in [0.25, 0.3) is 0 Å². The lowest BCUT2D eigenvalue weighted by molar-refractivity contribution is 0.250. The Kier molecular flexibility index (Phi) is 5.51. The predicted molar refractivity (Wildman–Crippen MR) is 74.0 cm³/mol. The molecule has 1 unspecified atom stereocenters. The normalized spacial score (nSPS) is 11.7. The number of amides is 2. The van der Waals surface area contributed by atoms with Gasteiger partial charge in [-0.15, -0.1) is 0 Å². The Balaban J connectivity index is 2.54. The van der Waals surface area contributed by atoms with Crippen LogP contribution in [0.15, 0.2) is 24.3 Å². The molecule has 2 amide bonds. The van der Waals surface area contributed by atoms with E-state index < -0.39 is 6.03 Å². The number of thiocarbonyl (C=S) groups is 1. The van der Waals surface area contributed by atoms with Crippen molar-refractivity contribution < 1.29 is 9.18 Å². The third kappa shape index (κ3) is 4.67. The average Bonchev–Trinajstić information content (AvgIpc) is 2.31. The average molecular weight is 269 g/mol. The highest BCUT2D eigenvalue weighted by atomic mass is 32.1. The van der Waals surface area contributed by atoms with E-state index in [1.165, 1.54) is 24.3 Å². The van der Waals surface area contributed by atoms with Gasteiger partial charge in [-0.3, -0.25) is 0 Å². The molecule has 4 N–H and O–H groups in total. The monoisotopic (exact) mass is 269 g/mol. The number of carbonyl (C=O) groups is 1. The van der Waals surface area contributed by atoms with Gasteiger partial charge in [-0.1, -0.05) is 25.6 Å². The smallest absolute Gasteiger partial charge is 0.319 e. The summed E-state index contributed by atoms with van der Waals surface area (Å²) in [6.07, 6.45) is 1.55. The van der Waals surface area contributed by atoms with Crippen molar-refractivity contribution in [1.82, 2.24) is 5.32 Å². The molecule has 0 heterocycles. The van der Waals surface area contributed by atoms with E-state index in [1.807, 2.05) is 6.92 Å². The first-order valence-corrected chi connectivity index (χ1v) is 6.06. The van der Waals surface area contributed by atoms with Crippen molar-refractivity contribution in [3.05, 3.63) is 30.1 Å². The van der Waals surface area contributed by atoms with Gasteiger partial charge < -0.3 is 16.4 Å². The molecule has 4 nitrogen and oxygen atoms in total. The fourth-order valence-corrected chi connectivity index (χ4v) is 1.61. The van der Waals surface area contributed by atoms with Crippen molar-refractivity contribution >= 4 is 28.9 Å². The van der Waals surface area contributed by atoms with Gasteiger partial charge in [-0.25, -0.2) is 9.18 Å². The predicted octanol–water partition coefficient (Wildman–Crippen LogP) is 2.40. The number of benzene rings is 1. The molecule has 0 fully saturated rings. The Bertz CT molecular complexity index is 422. The lowest BCUT2D eigenvalue weighted by atomic mass is 10.2. The quantitative estimate of drug-likeness (QED) is 0.719. The number of carbonyl (C=O) groups excluding carboxylic acids is 1. The van der Waals surface area contributed by atoms with Crippen LogP contribution < -0.4 is 16.4 Å². The van der Waals surface area contributed by atoms with E-state index >= 15 is 0 Å². The molecule has 1 aromatic rings. The summed E-state index contributed by atoms with van der Waals surface area (Å²) in [6.45, 7) is 1.98. The Morgan fingerprint density at radius 3 is 2.56 bits per heavy atom. The Morgan fingerprint density at radius 1 is 1.44 bits per heavy atom. The highest BCUT2D eigenvalue weighted by Crippen LogP contribution is 2.08. The van der Waals surface area contributed by atoms with Crippen LogP contribution in [0.4, 0.5) is 14.9 Å². The second-order valence-corrected chi connectivity index (χ2v) is 4.32. The van der Waals surface area contributed by atoms with Crippen LogP contribution in [0.3, 0.4) is 0 Å². The number of hydrogen-bond donors (Lipinski definition) is 3. The lowest BCUT2D eigenvalue weighted by Gasteiger charge is -2.17. The van der Waals surface area contributed by atoms with E-state index in [0.717, 1.165) is 6.42 Å². The number of nitrogens with one attached hydrogen (secondary N) is 2. The van der Waals surface area contributed by atoms with E-state index in [9.17, 15) is 9.18 Å². The summed E-state index contributed by atoms with van der Waals surface area (Å²) in [7, 11) is 0. The first-order valence-electron chi connectivity index (χ1n) is 5.65. The number of rotatable bonds is 5. The van der Waals surface area contributed by atoms with Gasteiger partial charge in [-0.2, -0.15) is 0 Å². The molecule has 0 aliphatic carbocycles. The first kappa shape index (κ1) is 14.4. The van der Waals surface area contributed by atoms with Crippen LogP contribution in [0.2, 0.25) is 0 Å². The van der Waals surface area contributed by atoms with Gasteiger partial charge >= 0.3 is 6.03 Å². The summed E-state index contributed by atoms with van der Waals surface area (Å²) in [5.74, 6) is -0.354. The molecule has 0 bridgehead atoms. The van der Waals surface area contributed by atoms with Crippen molar-refractivity contribution in [2.24, 2.45) is 5.73 Å². The summed E-state index contributed by atoms with van der Waals surface area (Å²) >= 11 is 4.87. The molecule has 0 spiro atoms. The second-order valence-electron chi connectivity index (χ2n) is 3.85. The fourth-order valence-electron chi connectivity index (χ4n) is 1.43. The van der Waals surface area contributed by atoms with Crippen LogP contribution in [0.1, 0.15) is 19.8 Å². The molecule has 0 aromatic heterocycles. The standard InChI is InChI=1S/C12H16FN3OS/c1-2-3-10(11(14)18)16-12(17)15-9-6-4-8(13)5-7-9/h4-7,10H,2-3H2,1H3,(H2,14,18)(H2,15,16,17). The number of nitrogens with two attached hydrogens (primary N) is 1. The lowest BCUT2D eigenvalue weighted by Crippen LogP contribution is -2.45. The van der Waals surface area contributed by atoms with E-state index in [1.54, 1.807) is 0 Å². The molecular formula is C12H16FN3OS. The summed E-state index contributed by atoms with van der Waals surface area (Å²) in [4.78, 5) is 11.9. The zero-order valence-electron chi connectivity index (χ0n) is 10.1. The van der Waals surface area contributed by atoms with E-state index in [0.29, 0.717) is 12.1 Å². The number of halogens is 1. The summed E-state index contributed by atoms with van der Waals surface area (Å²) in [5.41, 5.74) is 6.03. The van der Waals surface area contributed by atoms with Crippen LogP contribution in [-0.2, 0) is 0 Å². The van der Waals surface area contributed by atoms with E-state index in [4.69, 9.17) is 18.0 Å². The minimum absolute atomic E-state index is 0.256. The maximum atomic E-state index is 12.7. The van der Waals surface area contributed by atoms with Gasteiger partial charge in [0.1, 0.15) is 5.82 Å². The molecule has 0 aliphatic rings. The van der Waals surface area contributed by atoms with Gasteiger partial charge in [0.15, 0.2) is 0 Å². The van der Waals surface area contributed by atoms with Crippen molar-refractivity contribution in [2.75, 3.05) is 5.32 Å².